The molecule has 0 bridgehead atoms. The van der Waals surface area contributed by atoms with E-state index in [1.54, 1.807) is 7.05 Å². The van der Waals surface area contributed by atoms with Crippen molar-refractivity contribution in [3.63, 3.8) is 0 Å². The van der Waals surface area contributed by atoms with E-state index < -0.39 is 0 Å². The highest BCUT2D eigenvalue weighted by Crippen LogP contribution is 2.15. The first-order chi connectivity index (χ1) is 6.31. The Morgan fingerprint density at radius 2 is 2.46 bits per heavy atom. The van der Waals surface area contributed by atoms with Gasteiger partial charge in [0.15, 0.2) is 0 Å². The number of amides is 1. The molecule has 0 aromatic rings. The second-order valence-electron chi connectivity index (χ2n) is 3.17. The van der Waals surface area contributed by atoms with Crippen LogP contribution >= 0.6 is 0 Å². The molecule has 0 saturated carbocycles. The van der Waals surface area contributed by atoms with Crippen LogP contribution in [0.25, 0.3) is 0 Å². The average molecular weight is 179 g/mol. The second-order valence-corrected chi connectivity index (χ2v) is 3.17. The SMILES string of the molecule is CNC(=O)C1=CC=C2NCCN2C1. The monoisotopic (exact) mass is 179 g/mol. The van der Waals surface area contributed by atoms with Crippen molar-refractivity contribution in [3.8, 4) is 0 Å². The molecule has 0 aliphatic carbocycles. The van der Waals surface area contributed by atoms with Gasteiger partial charge in [-0.2, -0.15) is 0 Å². The van der Waals surface area contributed by atoms with Crippen LogP contribution in [0, 0.1) is 0 Å². The third kappa shape index (κ3) is 1.39. The number of fused-ring (bicyclic) bond motifs is 1. The second kappa shape index (κ2) is 3.12. The lowest BCUT2D eigenvalue weighted by Crippen LogP contribution is -2.32. The summed E-state index contributed by atoms with van der Waals surface area (Å²) in [6, 6.07) is 0. The Hall–Kier alpha value is -1.45. The molecule has 0 aromatic heterocycles. The lowest BCUT2D eigenvalue weighted by molar-refractivity contribution is -0.117. The summed E-state index contributed by atoms with van der Waals surface area (Å²) in [7, 11) is 1.66. The molecule has 4 nitrogen and oxygen atoms in total. The average Bonchev–Trinajstić information content (AvgIpc) is 2.63. The molecule has 2 rings (SSSR count). The van der Waals surface area contributed by atoms with Crippen LogP contribution < -0.4 is 10.6 Å². The summed E-state index contributed by atoms with van der Waals surface area (Å²) >= 11 is 0. The Morgan fingerprint density at radius 3 is 3.23 bits per heavy atom. The van der Waals surface area contributed by atoms with Gasteiger partial charge in [0.25, 0.3) is 0 Å². The molecule has 0 aromatic carbocycles. The minimum absolute atomic E-state index is 0.0159. The number of hydrogen-bond acceptors (Lipinski definition) is 3. The summed E-state index contributed by atoms with van der Waals surface area (Å²) in [4.78, 5) is 13.5. The normalized spacial score (nSPS) is 19.9. The van der Waals surface area contributed by atoms with Gasteiger partial charge in [-0.3, -0.25) is 4.79 Å². The topological polar surface area (TPSA) is 44.4 Å². The zero-order valence-electron chi connectivity index (χ0n) is 7.63. The van der Waals surface area contributed by atoms with E-state index in [4.69, 9.17) is 0 Å². The van der Waals surface area contributed by atoms with Crippen molar-refractivity contribution in [1.82, 2.24) is 15.5 Å². The van der Waals surface area contributed by atoms with Crippen LogP contribution in [0.5, 0.6) is 0 Å². The molecular formula is C9H13N3O. The van der Waals surface area contributed by atoms with Crippen molar-refractivity contribution < 1.29 is 4.79 Å². The van der Waals surface area contributed by atoms with Gasteiger partial charge in [-0.15, -0.1) is 0 Å². The Labute approximate surface area is 77.3 Å². The molecule has 1 fully saturated rings. The zero-order chi connectivity index (χ0) is 9.26. The summed E-state index contributed by atoms with van der Waals surface area (Å²) < 4.78 is 0. The summed E-state index contributed by atoms with van der Waals surface area (Å²) in [5, 5.41) is 5.88. The number of hydrogen-bond donors (Lipinski definition) is 2. The lowest BCUT2D eigenvalue weighted by atomic mass is 10.1. The standard InChI is InChI=1S/C9H13N3O/c1-10-9(13)7-2-3-8-11-4-5-12(8)6-7/h2-3,11H,4-6H2,1H3,(H,10,13). The van der Waals surface area contributed by atoms with E-state index in [9.17, 15) is 4.79 Å². The first-order valence-electron chi connectivity index (χ1n) is 4.43. The van der Waals surface area contributed by atoms with Crippen LogP contribution in [0.1, 0.15) is 0 Å². The highest BCUT2D eigenvalue weighted by molar-refractivity contribution is 5.94. The van der Waals surface area contributed by atoms with Crippen molar-refractivity contribution in [1.29, 1.82) is 0 Å². The van der Waals surface area contributed by atoms with Gasteiger partial charge in [-0.05, 0) is 12.2 Å². The lowest BCUT2D eigenvalue weighted by Gasteiger charge is -2.22. The van der Waals surface area contributed by atoms with E-state index in [0.29, 0.717) is 0 Å². The molecule has 2 N–H and O–H groups in total. The van der Waals surface area contributed by atoms with Crippen LogP contribution in [-0.4, -0.2) is 37.5 Å². The molecule has 0 radical (unpaired) electrons. The van der Waals surface area contributed by atoms with Gasteiger partial charge in [-0.25, -0.2) is 0 Å². The number of carbonyl (C=O) groups is 1. The van der Waals surface area contributed by atoms with E-state index >= 15 is 0 Å². The summed E-state index contributed by atoms with van der Waals surface area (Å²) in [5.41, 5.74) is 0.829. The smallest absolute Gasteiger partial charge is 0.248 e. The van der Waals surface area contributed by atoms with Gasteiger partial charge in [0.1, 0.15) is 5.82 Å². The number of likely N-dealkylation sites (N-methyl/N-ethyl adjacent to an activating group) is 1. The van der Waals surface area contributed by atoms with Crippen LogP contribution in [0.2, 0.25) is 0 Å². The van der Waals surface area contributed by atoms with Crippen LogP contribution in [0.3, 0.4) is 0 Å². The van der Waals surface area contributed by atoms with Crippen LogP contribution in [0.15, 0.2) is 23.5 Å². The van der Waals surface area contributed by atoms with Crippen molar-refractivity contribution in [2.75, 3.05) is 26.7 Å². The summed E-state index contributed by atoms with van der Waals surface area (Å²) in [6.45, 7) is 2.68. The largest absolute Gasteiger partial charge is 0.370 e. The third-order valence-corrected chi connectivity index (χ3v) is 2.35. The molecular weight excluding hydrogens is 166 g/mol. The van der Waals surface area contributed by atoms with Crippen molar-refractivity contribution in [2.45, 2.75) is 0 Å². The molecule has 13 heavy (non-hydrogen) atoms. The van der Waals surface area contributed by atoms with E-state index in [0.717, 1.165) is 31.0 Å². The maximum atomic E-state index is 11.3. The third-order valence-electron chi connectivity index (χ3n) is 2.35. The van der Waals surface area contributed by atoms with Crippen molar-refractivity contribution in [2.24, 2.45) is 0 Å². The molecule has 0 spiro atoms. The zero-order valence-corrected chi connectivity index (χ0v) is 7.63. The Morgan fingerprint density at radius 1 is 1.62 bits per heavy atom. The molecule has 4 heteroatoms. The van der Waals surface area contributed by atoms with E-state index in [2.05, 4.69) is 15.5 Å². The molecule has 2 aliphatic heterocycles. The number of nitrogens with one attached hydrogen (secondary N) is 2. The van der Waals surface area contributed by atoms with E-state index in [1.165, 1.54) is 0 Å². The summed E-state index contributed by atoms with van der Waals surface area (Å²) in [6.07, 6.45) is 3.84. The molecule has 0 atom stereocenters. The molecule has 2 aliphatic rings. The van der Waals surface area contributed by atoms with Gasteiger partial charge in [0.2, 0.25) is 5.91 Å². The first kappa shape index (κ1) is 8.16. The number of allylic oxidation sites excluding steroid dienone is 2. The highest BCUT2D eigenvalue weighted by atomic mass is 16.1. The van der Waals surface area contributed by atoms with Crippen molar-refractivity contribution >= 4 is 5.91 Å². The van der Waals surface area contributed by atoms with Gasteiger partial charge in [-0.1, -0.05) is 0 Å². The Kier molecular flexibility index (Phi) is 1.96. The van der Waals surface area contributed by atoms with Gasteiger partial charge >= 0.3 is 0 Å². The van der Waals surface area contributed by atoms with Crippen LogP contribution in [-0.2, 0) is 4.79 Å². The van der Waals surface area contributed by atoms with Gasteiger partial charge in [0, 0.05) is 32.3 Å². The predicted molar refractivity (Wildman–Crippen MR) is 49.8 cm³/mol. The minimum Gasteiger partial charge on any atom is -0.370 e. The first-order valence-corrected chi connectivity index (χ1v) is 4.43. The molecule has 1 amide bonds. The van der Waals surface area contributed by atoms with E-state index in [1.807, 2.05) is 12.2 Å². The number of carbonyl (C=O) groups excluding carboxylic acids is 1. The fourth-order valence-corrected chi connectivity index (χ4v) is 1.63. The quantitative estimate of drug-likeness (QED) is 0.566. The van der Waals surface area contributed by atoms with Gasteiger partial charge in [0.05, 0.1) is 0 Å². The fraction of sp³-hybridized carbons (Fsp3) is 0.444. The van der Waals surface area contributed by atoms with E-state index in [-0.39, 0.29) is 5.91 Å². The molecule has 70 valence electrons. The molecule has 1 saturated heterocycles. The predicted octanol–water partition coefficient (Wildman–Crippen LogP) is -0.581. The Balaban J connectivity index is 2.14. The van der Waals surface area contributed by atoms with Gasteiger partial charge < -0.3 is 15.5 Å². The summed E-state index contributed by atoms with van der Waals surface area (Å²) in [5.74, 6) is 1.15. The maximum absolute atomic E-state index is 11.3. The number of rotatable bonds is 1. The van der Waals surface area contributed by atoms with Crippen LogP contribution in [0.4, 0.5) is 0 Å². The molecule has 2 heterocycles. The Bertz CT molecular complexity index is 293. The van der Waals surface area contributed by atoms with Crippen molar-refractivity contribution in [3.05, 3.63) is 23.5 Å². The minimum atomic E-state index is 0.0159. The maximum Gasteiger partial charge on any atom is 0.248 e. The highest BCUT2D eigenvalue weighted by Gasteiger charge is 2.22. The fourth-order valence-electron chi connectivity index (χ4n) is 1.63. The number of nitrogens with zero attached hydrogens (tertiary/aromatic N) is 1. The molecule has 0 unspecified atom stereocenters.